The van der Waals surface area contributed by atoms with Gasteiger partial charge in [0.25, 0.3) is 5.56 Å². The van der Waals surface area contributed by atoms with Crippen LogP contribution in [0.2, 0.25) is 0 Å². The number of thioether (sulfide) groups is 1. The van der Waals surface area contributed by atoms with Gasteiger partial charge in [-0.2, -0.15) is 13.2 Å². The van der Waals surface area contributed by atoms with Crippen LogP contribution < -0.4 is 16.0 Å². The molecule has 0 saturated heterocycles. The molecule has 1 aromatic heterocycles. The number of hydrogen-bond acceptors (Lipinski definition) is 4. The molecule has 3 aromatic carbocycles. The highest BCUT2D eigenvalue weighted by molar-refractivity contribution is 7.99. The zero-order chi connectivity index (χ0) is 30.3. The molecule has 0 radical (unpaired) electrons. The molecular weight excluding hydrogens is 571 g/mol. The molecule has 1 aliphatic heterocycles. The highest BCUT2D eigenvalue weighted by Gasteiger charge is 2.38. The van der Waals surface area contributed by atoms with Crippen molar-refractivity contribution in [3.8, 4) is 16.9 Å². The van der Waals surface area contributed by atoms with Crippen LogP contribution in [0.3, 0.4) is 0 Å². The number of nitrogens with zero attached hydrogens (tertiary/aromatic N) is 1. The van der Waals surface area contributed by atoms with Crippen molar-refractivity contribution < 1.29 is 26.7 Å². The second-order valence-corrected chi connectivity index (χ2v) is 11.5. The van der Waals surface area contributed by atoms with Crippen LogP contribution in [0, 0.1) is 18.6 Å². The van der Waals surface area contributed by atoms with Gasteiger partial charge in [-0.05, 0) is 55.7 Å². The van der Waals surface area contributed by atoms with Gasteiger partial charge in [0.1, 0.15) is 5.82 Å². The molecule has 0 amide bonds. The van der Waals surface area contributed by atoms with E-state index in [0.29, 0.717) is 16.3 Å². The van der Waals surface area contributed by atoms with Crippen molar-refractivity contribution >= 4 is 11.8 Å². The lowest BCUT2D eigenvalue weighted by Gasteiger charge is -2.25. The summed E-state index contributed by atoms with van der Waals surface area (Å²) in [7, 11) is 0. The molecule has 2 atom stereocenters. The van der Waals surface area contributed by atoms with Gasteiger partial charge in [0.2, 0.25) is 0 Å². The number of fused-ring (bicyclic) bond motifs is 1. The first-order valence-electron chi connectivity index (χ1n) is 13.4. The van der Waals surface area contributed by atoms with Gasteiger partial charge in [-0.3, -0.25) is 9.36 Å². The quantitative estimate of drug-likeness (QED) is 0.220. The smallest absolute Gasteiger partial charge is 0.416 e. The maximum atomic E-state index is 15.9. The van der Waals surface area contributed by atoms with Crippen molar-refractivity contribution in [3.05, 3.63) is 117 Å². The molecule has 0 fully saturated rings. The minimum Gasteiger partial charge on any atom is -0.488 e. The summed E-state index contributed by atoms with van der Waals surface area (Å²) in [6.45, 7) is 5.03. The third-order valence-corrected chi connectivity index (χ3v) is 8.66. The average Bonchev–Trinajstić information content (AvgIpc) is 3.38. The molecule has 0 bridgehead atoms. The van der Waals surface area contributed by atoms with E-state index in [1.165, 1.54) is 28.5 Å². The molecule has 1 aliphatic rings. The summed E-state index contributed by atoms with van der Waals surface area (Å²) in [6.07, 6.45) is -5.61. The van der Waals surface area contributed by atoms with Crippen LogP contribution in [0.15, 0.2) is 76.6 Å². The largest absolute Gasteiger partial charge is 0.488 e. The third kappa shape index (κ3) is 5.45. The molecule has 2 heterocycles. The van der Waals surface area contributed by atoms with E-state index in [-0.39, 0.29) is 28.5 Å². The number of alkyl halides is 3. The number of hydrogen-bond donors (Lipinski definition) is 1. The maximum Gasteiger partial charge on any atom is 0.416 e. The number of halogens is 5. The Morgan fingerprint density at radius 1 is 1.00 bits per heavy atom. The van der Waals surface area contributed by atoms with Crippen LogP contribution in [0.1, 0.15) is 53.7 Å². The average molecular weight is 601 g/mol. The van der Waals surface area contributed by atoms with Crippen LogP contribution in [0.5, 0.6) is 5.75 Å². The van der Waals surface area contributed by atoms with E-state index in [9.17, 15) is 18.0 Å². The van der Waals surface area contributed by atoms with E-state index >= 15 is 8.78 Å². The van der Waals surface area contributed by atoms with Crippen LogP contribution in [-0.4, -0.2) is 16.4 Å². The van der Waals surface area contributed by atoms with Crippen molar-refractivity contribution in [3.63, 3.8) is 0 Å². The summed E-state index contributed by atoms with van der Waals surface area (Å²) in [5.41, 5.74) is 5.72. The summed E-state index contributed by atoms with van der Waals surface area (Å²) in [6, 6.07) is 15.2. The molecule has 42 heavy (non-hydrogen) atoms. The topological polar surface area (TPSA) is 57.2 Å². The number of aromatic nitrogens is 1. The van der Waals surface area contributed by atoms with Gasteiger partial charge in [-0.15, -0.1) is 11.8 Å². The molecule has 1 unspecified atom stereocenters. The van der Waals surface area contributed by atoms with E-state index in [2.05, 4.69) is 0 Å². The first kappa shape index (κ1) is 29.8. The molecular formula is C32H29F5N2O2S. The van der Waals surface area contributed by atoms with Crippen LogP contribution in [0.25, 0.3) is 11.1 Å². The summed E-state index contributed by atoms with van der Waals surface area (Å²) >= 11 is 1.27. The Bertz CT molecular complexity index is 1690. The standard InChI is InChI=1S/C32H29F5N2O2S/c1-17(2)41-26-14-7-11-20(28(26)34)27-18(3)21(15-22-23(32(35,36)37)12-8-13-24(22)33)31-39(30(27)40)25(16-42-31)29(38)19-9-5-4-6-10-19/h4-14,17,25,29H,15-16,38H2,1-3H3/t25-,29?/m0/s1. The Kier molecular flexibility index (Phi) is 8.22. The zero-order valence-electron chi connectivity index (χ0n) is 23.1. The van der Waals surface area contributed by atoms with Crippen molar-refractivity contribution in [1.29, 1.82) is 0 Å². The molecule has 4 nitrogen and oxygen atoms in total. The van der Waals surface area contributed by atoms with E-state index in [1.54, 1.807) is 26.8 Å². The van der Waals surface area contributed by atoms with Gasteiger partial charge in [0.15, 0.2) is 11.6 Å². The molecule has 0 aliphatic carbocycles. The predicted octanol–water partition coefficient (Wildman–Crippen LogP) is 7.85. The van der Waals surface area contributed by atoms with Crippen LogP contribution in [-0.2, 0) is 12.6 Å². The predicted molar refractivity (Wildman–Crippen MR) is 154 cm³/mol. The van der Waals surface area contributed by atoms with E-state index in [1.807, 2.05) is 30.3 Å². The lowest BCUT2D eigenvalue weighted by molar-refractivity contribution is -0.138. The lowest BCUT2D eigenvalue weighted by Crippen LogP contribution is -2.33. The molecule has 0 saturated carbocycles. The van der Waals surface area contributed by atoms with Crippen molar-refractivity contribution in [2.75, 3.05) is 5.75 Å². The molecule has 0 spiro atoms. The van der Waals surface area contributed by atoms with Gasteiger partial charge in [0.05, 0.1) is 34.3 Å². The Balaban J connectivity index is 1.78. The summed E-state index contributed by atoms with van der Waals surface area (Å²) in [4.78, 5) is 14.2. The monoisotopic (exact) mass is 600 g/mol. The number of pyridine rings is 1. The second kappa shape index (κ2) is 11.6. The fraction of sp³-hybridized carbons (Fsp3) is 0.281. The second-order valence-electron chi connectivity index (χ2n) is 10.5. The molecule has 10 heteroatoms. The SMILES string of the molecule is Cc1c(Cc2c(F)cccc2C(F)(F)F)c2n(c(=O)c1-c1cccc(OC(C)C)c1F)[C@H](C(N)c1ccccc1)CS2. The minimum absolute atomic E-state index is 0.0295. The lowest BCUT2D eigenvalue weighted by atomic mass is 9.91. The van der Waals surface area contributed by atoms with E-state index < -0.39 is 53.0 Å². The highest BCUT2D eigenvalue weighted by Crippen LogP contribution is 2.44. The van der Waals surface area contributed by atoms with E-state index in [4.69, 9.17) is 10.5 Å². The fourth-order valence-corrected chi connectivity index (χ4v) is 6.88. The third-order valence-electron chi connectivity index (χ3n) is 7.43. The molecule has 220 valence electrons. The maximum absolute atomic E-state index is 15.9. The summed E-state index contributed by atoms with van der Waals surface area (Å²) in [5, 5.41) is 0.393. The van der Waals surface area contributed by atoms with Gasteiger partial charge in [0, 0.05) is 23.3 Å². The van der Waals surface area contributed by atoms with E-state index in [0.717, 1.165) is 23.8 Å². The van der Waals surface area contributed by atoms with Gasteiger partial charge in [-0.1, -0.05) is 48.5 Å². The van der Waals surface area contributed by atoms with Gasteiger partial charge in [-0.25, -0.2) is 8.78 Å². The normalized spacial score (nSPS) is 15.6. The summed E-state index contributed by atoms with van der Waals surface area (Å²) in [5.74, 6) is -1.50. The number of ether oxygens (including phenoxy) is 1. The van der Waals surface area contributed by atoms with Gasteiger partial charge >= 0.3 is 6.18 Å². The van der Waals surface area contributed by atoms with Crippen LogP contribution in [0.4, 0.5) is 22.0 Å². The number of nitrogens with two attached hydrogens (primary N) is 1. The van der Waals surface area contributed by atoms with Crippen LogP contribution >= 0.6 is 11.8 Å². The number of rotatable bonds is 7. The first-order valence-corrected chi connectivity index (χ1v) is 14.4. The Labute approximate surface area is 244 Å². The highest BCUT2D eigenvalue weighted by atomic mass is 32.2. The Morgan fingerprint density at radius 3 is 2.36 bits per heavy atom. The van der Waals surface area contributed by atoms with Crippen molar-refractivity contribution in [2.24, 2.45) is 5.73 Å². The van der Waals surface area contributed by atoms with Crippen molar-refractivity contribution in [1.82, 2.24) is 4.57 Å². The fourth-order valence-electron chi connectivity index (χ4n) is 5.44. The molecule has 2 N–H and O–H groups in total. The summed E-state index contributed by atoms with van der Waals surface area (Å²) < 4.78 is 79.9. The van der Waals surface area contributed by atoms with Gasteiger partial charge < -0.3 is 10.5 Å². The Hall–Kier alpha value is -3.63. The van der Waals surface area contributed by atoms with Crippen molar-refractivity contribution in [2.45, 2.75) is 56.6 Å². The first-order chi connectivity index (χ1) is 19.9. The number of benzene rings is 3. The molecule has 4 aromatic rings. The minimum atomic E-state index is -4.80. The molecule has 5 rings (SSSR count). The zero-order valence-corrected chi connectivity index (χ0v) is 24.0. The Morgan fingerprint density at radius 2 is 1.69 bits per heavy atom.